The van der Waals surface area contributed by atoms with Crippen LogP contribution in [0.15, 0.2) is 0 Å². The molecule has 0 heterocycles. The number of carbonyl (C=O) groups is 1. The van der Waals surface area contributed by atoms with Crippen LogP contribution >= 0.6 is 0 Å². The van der Waals surface area contributed by atoms with Crippen LogP contribution in [0, 0.1) is 0 Å². The molecule has 0 radical (unpaired) electrons. The maximum Gasteiger partial charge on any atom is 0.332 e. The van der Waals surface area contributed by atoms with E-state index in [0.29, 0.717) is 6.42 Å². The van der Waals surface area contributed by atoms with Crippen molar-refractivity contribution in [1.82, 2.24) is 0 Å². The number of carboxylic acid groups (broad SMARTS) is 1. The van der Waals surface area contributed by atoms with E-state index >= 15 is 0 Å². The van der Waals surface area contributed by atoms with Gasteiger partial charge in [-0.3, -0.25) is 0 Å². The third-order valence-corrected chi connectivity index (χ3v) is 5.96. The lowest BCUT2D eigenvalue weighted by Gasteiger charge is -2.19. The van der Waals surface area contributed by atoms with Crippen molar-refractivity contribution in [3.05, 3.63) is 0 Å². The SMILES string of the molecule is CCCCCCCCCCCCCCCCCCC(C)OC(CCCC)C(=O)O. The van der Waals surface area contributed by atoms with E-state index in [4.69, 9.17) is 4.74 Å². The molecule has 0 fully saturated rings. The average Bonchev–Trinajstić information content (AvgIpc) is 2.70. The van der Waals surface area contributed by atoms with Gasteiger partial charge in [0.1, 0.15) is 0 Å². The van der Waals surface area contributed by atoms with Crippen LogP contribution in [0.1, 0.15) is 149 Å². The van der Waals surface area contributed by atoms with Crippen molar-refractivity contribution in [3.63, 3.8) is 0 Å². The molecule has 0 aromatic heterocycles. The van der Waals surface area contributed by atoms with Crippen molar-refractivity contribution < 1.29 is 14.6 Å². The van der Waals surface area contributed by atoms with Gasteiger partial charge in [-0.15, -0.1) is 0 Å². The van der Waals surface area contributed by atoms with Crippen LogP contribution in [-0.4, -0.2) is 23.3 Å². The molecule has 0 saturated heterocycles. The van der Waals surface area contributed by atoms with Crippen LogP contribution in [0.2, 0.25) is 0 Å². The van der Waals surface area contributed by atoms with Crippen molar-refractivity contribution in [2.24, 2.45) is 0 Å². The summed E-state index contributed by atoms with van der Waals surface area (Å²) in [6, 6.07) is 0. The van der Waals surface area contributed by atoms with Gasteiger partial charge in [-0.2, -0.15) is 0 Å². The summed E-state index contributed by atoms with van der Waals surface area (Å²) in [7, 11) is 0. The Kier molecular flexibility index (Phi) is 21.7. The maximum absolute atomic E-state index is 11.2. The Morgan fingerprint density at radius 3 is 1.38 bits per heavy atom. The van der Waals surface area contributed by atoms with Crippen LogP contribution in [0.5, 0.6) is 0 Å². The van der Waals surface area contributed by atoms with E-state index in [1.165, 1.54) is 96.3 Å². The van der Waals surface area contributed by atoms with Crippen LogP contribution in [0.25, 0.3) is 0 Å². The second-order valence-corrected chi connectivity index (χ2v) is 9.01. The zero-order valence-corrected chi connectivity index (χ0v) is 20.1. The van der Waals surface area contributed by atoms with E-state index in [9.17, 15) is 9.90 Å². The van der Waals surface area contributed by atoms with Crippen LogP contribution < -0.4 is 0 Å². The highest BCUT2D eigenvalue weighted by Gasteiger charge is 2.19. The van der Waals surface area contributed by atoms with Gasteiger partial charge in [0, 0.05) is 0 Å². The molecule has 29 heavy (non-hydrogen) atoms. The van der Waals surface area contributed by atoms with Gasteiger partial charge in [-0.25, -0.2) is 4.79 Å². The van der Waals surface area contributed by atoms with Crippen molar-refractivity contribution in [2.75, 3.05) is 0 Å². The molecular formula is C26H52O3. The van der Waals surface area contributed by atoms with Gasteiger partial charge in [-0.1, -0.05) is 129 Å². The van der Waals surface area contributed by atoms with E-state index in [2.05, 4.69) is 13.8 Å². The maximum atomic E-state index is 11.2. The van der Waals surface area contributed by atoms with Crippen LogP contribution in [0.4, 0.5) is 0 Å². The molecule has 0 aliphatic heterocycles. The molecule has 3 heteroatoms. The monoisotopic (exact) mass is 412 g/mol. The molecule has 0 amide bonds. The Labute approximate surface area is 182 Å². The van der Waals surface area contributed by atoms with E-state index in [0.717, 1.165) is 25.7 Å². The quantitative estimate of drug-likeness (QED) is 0.171. The predicted molar refractivity (Wildman–Crippen MR) is 126 cm³/mol. The van der Waals surface area contributed by atoms with Gasteiger partial charge in [-0.05, 0) is 19.8 Å². The standard InChI is InChI=1S/C26H52O3/c1-4-6-8-9-10-11-12-13-14-15-16-17-18-19-20-21-22-24(3)29-25(26(27)28)23-7-5-2/h24-25H,4-23H2,1-3H3,(H,27,28). The molecule has 0 saturated carbocycles. The summed E-state index contributed by atoms with van der Waals surface area (Å²) < 4.78 is 5.74. The summed E-state index contributed by atoms with van der Waals surface area (Å²) in [5, 5.41) is 9.24. The fourth-order valence-corrected chi connectivity index (χ4v) is 3.97. The number of carboxylic acids is 1. The third-order valence-electron chi connectivity index (χ3n) is 5.96. The molecule has 2 unspecified atom stereocenters. The first-order chi connectivity index (χ1) is 14.1. The largest absolute Gasteiger partial charge is 0.479 e. The summed E-state index contributed by atoms with van der Waals surface area (Å²) in [4.78, 5) is 11.2. The molecule has 3 nitrogen and oxygen atoms in total. The Bertz CT molecular complexity index is 343. The fourth-order valence-electron chi connectivity index (χ4n) is 3.97. The van der Waals surface area contributed by atoms with E-state index in [-0.39, 0.29) is 6.10 Å². The predicted octanol–water partition coefficient (Wildman–Crippen LogP) is 8.69. The van der Waals surface area contributed by atoms with E-state index in [1.54, 1.807) is 0 Å². The lowest BCUT2D eigenvalue weighted by molar-refractivity contribution is -0.154. The summed E-state index contributed by atoms with van der Waals surface area (Å²) in [6.45, 7) is 6.38. The van der Waals surface area contributed by atoms with Gasteiger partial charge in [0.2, 0.25) is 0 Å². The lowest BCUT2D eigenvalue weighted by atomic mass is 10.0. The highest BCUT2D eigenvalue weighted by atomic mass is 16.5. The average molecular weight is 413 g/mol. The zero-order valence-electron chi connectivity index (χ0n) is 20.1. The first-order valence-corrected chi connectivity index (χ1v) is 13.0. The highest BCUT2D eigenvalue weighted by Crippen LogP contribution is 2.16. The van der Waals surface area contributed by atoms with Gasteiger partial charge < -0.3 is 9.84 Å². The highest BCUT2D eigenvalue weighted by molar-refractivity contribution is 5.72. The lowest BCUT2D eigenvalue weighted by Crippen LogP contribution is -2.28. The smallest absolute Gasteiger partial charge is 0.332 e. The molecule has 1 N–H and O–H groups in total. The molecule has 0 aromatic rings. The van der Waals surface area contributed by atoms with Gasteiger partial charge in [0.05, 0.1) is 6.10 Å². The first-order valence-electron chi connectivity index (χ1n) is 13.0. The Morgan fingerprint density at radius 2 is 1.00 bits per heavy atom. The number of hydrogen-bond acceptors (Lipinski definition) is 2. The third kappa shape index (κ3) is 20.5. The van der Waals surface area contributed by atoms with Crippen molar-refractivity contribution >= 4 is 5.97 Å². The number of rotatable bonds is 23. The summed E-state index contributed by atoms with van der Waals surface area (Å²) in [6.07, 6.45) is 25.0. The van der Waals surface area contributed by atoms with Crippen molar-refractivity contribution in [1.29, 1.82) is 0 Å². The molecule has 0 rings (SSSR count). The van der Waals surface area contributed by atoms with Gasteiger partial charge in [0.25, 0.3) is 0 Å². The van der Waals surface area contributed by atoms with E-state index in [1.807, 2.05) is 6.92 Å². The molecular weight excluding hydrogens is 360 g/mol. The second-order valence-electron chi connectivity index (χ2n) is 9.01. The van der Waals surface area contributed by atoms with Crippen molar-refractivity contribution in [2.45, 2.75) is 161 Å². The van der Waals surface area contributed by atoms with Crippen molar-refractivity contribution in [3.8, 4) is 0 Å². The molecule has 0 bridgehead atoms. The Hall–Kier alpha value is -0.570. The number of hydrogen-bond donors (Lipinski definition) is 1. The summed E-state index contributed by atoms with van der Waals surface area (Å²) in [5.74, 6) is -0.808. The minimum atomic E-state index is -0.808. The Balaban J connectivity index is 3.35. The Morgan fingerprint density at radius 1 is 0.621 bits per heavy atom. The fraction of sp³-hybridized carbons (Fsp3) is 0.962. The first kappa shape index (κ1) is 28.4. The van der Waals surface area contributed by atoms with Gasteiger partial charge >= 0.3 is 5.97 Å². The number of aliphatic carboxylic acids is 1. The molecule has 174 valence electrons. The molecule has 0 aliphatic rings. The van der Waals surface area contributed by atoms with Crippen LogP contribution in [-0.2, 0) is 9.53 Å². The molecule has 0 aliphatic carbocycles. The molecule has 0 aromatic carbocycles. The summed E-state index contributed by atoms with van der Waals surface area (Å²) in [5.41, 5.74) is 0. The second kappa shape index (κ2) is 22.1. The van der Waals surface area contributed by atoms with E-state index < -0.39 is 12.1 Å². The minimum Gasteiger partial charge on any atom is -0.479 e. The number of unbranched alkanes of at least 4 members (excludes halogenated alkanes) is 16. The summed E-state index contributed by atoms with van der Waals surface area (Å²) >= 11 is 0. The zero-order chi connectivity index (χ0) is 21.6. The normalized spacial score (nSPS) is 13.5. The number of ether oxygens (including phenoxy) is 1. The molecule has 0 spiro atoms. The molecule has 2 atom stereocenters. The van der Waals surface area contributed by atoms with Gasteiger partial charge in [0.15, 0.2) is 6.10 Å². The van der Waals surface area contributed by atoms with Crippen LogP contribution in [0.3, 0.4) is 0 Å². The minimum absolute atomic E-state index is 0.0552. The topological polar surface area (TPSA) is 46.5 Å².